The van der Waals surface area contributed by atoms with Crippen LogP contribution in [0.4, 0.5) is 0 Å². The Kier molecular flexibility index (Phi) is 2.08. The highest BCUT2D eigenvalue weighted by molar-refractivity contribution is 5.03. The maximum atomic E-state index is 6.05. The van der Waals surface area contributed by atoms with E-state index in [9.17, 15) is 0 Å². The standard InChI is InChI=1S/C11H20N2O/c1-13-9-2-3-10(13)7-11(6-9)8-12-4-5-14-11/h9-10,12H,2-8H2,1H3/t9-,10+,11?. The van der Waals surface area contributed by atoms with E-state index in [0.717, 1.165) is 31.8 Å². The van der Waals surface area contributed by atoms with Gasteiger partial charge in [-0.05, 0) is 32.7 Å². The number of morpholine rings is 1. The van der Waals surface area contributed by atoms with E-state index in [4.69, 9.17) is 4.74 Å². The molecule has 3 aliphatic heterocycles. The van der Waals surface area contributed by atoms with E-state index in [-0.39, 0.29) is 5.60 Å². The highest BCUT2D eigenvalue weighted by atomic mass is 16.5. The summed E-state index contributed by atoms with van der Waals surface area (Å²) in [5.74, 6) is 0. The van der Waals surface area contributed by atoms with Crippen LogP contribution >= 0.6 is 0 Å². The van der Waals surface area contributed by atoms with E-state index in [1.807, 2.05) is 0 Å². The van der Waals surface area contributed by atoms with E-state index in [2.05, 4.69) is 17.3 Å². The molecule has 80 valence electrons. The minimum Gasteiger partial charge on any atom is -0.372 e. The van der Waals surface area contributed by atoms with Crippen LogP contribution in [0, 0.1) is 0 Å². The summed E-state index contributed by atoms with van der Waals surface area (Å²) in [5, 5.41) is 3.49. The molecule has 2 bridgehead atoms. The summed E-state index contributed by atoms with van der Waals surface area (Å²) in [6, 6.07) is 1.57. The van der Waals surface area contributed by atoms with Crippen LogP contribution in [0.15, 0.2) is 0 Å². The van der Waals surface area contributed by atoms with Gasteiger partial charge >= 0.3 is 0 Å². The van der Waals surface area contributed by atoms with Gasteiger partial charge in [0.05, 0.1) is 12.2 Å². The number of nitrogens with one attached hydrogen (secondary N) is 1. The van der Waals surface area contributed by atoms with Crippen LogP contribution in [0.1, 0.15) is 25.7 Å². The van der Waals surface area contributed by atoms with Crippen LogP contribution in [0.3, 0.4) is 0 Å². The molecule has 0 amide bonds. The summed E-state index contributed by atoms with van der Waals surface area (Å²) in [5.41, 5.74) is 0.191. The second-order valence-electron chi connectivity index (χ2n) is 5.17. The third kappa shape index (κ3) is 1.30. The molecule has 3 saturated heterocycles. The van der Waals surface area contributed by atoms with Crippen LogP contribution in [0.2, 0.25) is 0 Å². The first kappa shape index (κ1) is 9.13. The van der Waals surface area contributed by atoms with Crippen molar-refractivity contribution in [2.24, 2.45) is 0 Å². The van der Waals surface area contributed by atoms with Gasteiger partial charge in [0.15, 0.2) is 0 Å². The quantitative estimate of drug-likeness (QED) is 0.614. The van der Waals surface area contributed by atoms with Gasteiger partial charge in [-0.25, -0.2) is 0 Å². The van der Waals surface area contributed by atoms with Crippen LogP contribution in [0.5, 0.6) is 0 Å². The normalized spacial score (nSPS) is 48.6. The molecular weight excluding hydrogens is 176 g/mol. The topological polar surface area (TPSA) is 24.5 Å². The number of nitrogens with zero attached hydrogens (tertiary/aromatic N) is 1. The average molecular weight is 196 g/mol. The number of rotatable bonds is 0. The molecule has 0 aliphatic carbocycles. The van der Waals surface area contributed by atoms with Gasteiger partial charge in [-0.1, -0.05) is 0 Å². The summed E-state index contributed by atoms with van der Waals surface area (Å²) in [6.07, 6.45) is 5.25. The van der Waals surface area contributed by atoms with Gasteiger partial charge in [-0.15, -0.1) is 0 Å². The molecule has 3 aliphatic rings. The lowest BCUT2D eigenvalue weighted by atomic mass is 9.85. The second-order valence-corrected chi connectivity index (χ2v) is 5.17. The Balaban J connectivity index is 1.77. The first-order chi connectivity index (χ1) is 6.79. The van der Waals surface area contributed by atoms with Gasteiger partial charge < -0.3 is 15.0 Å². The molecule has 0 aromatic carbocycles. The zero-order valence-electron chi connectivity index (χ0n) is 8.96. The lowest BCUT2D eigenvalue weighted by Crippen LogP contribution is -2.58. The summed E-state index contributed by atoms with van der Waals surface area (Å²) in [7, 11) is 2.28. The maximum Gasteiger partial charge on any atom is 0.0836 e. The summed E-state index contributed by atoms with van der Waals surface area (Å²) < 4.78 is 6.05. The second kappa shape index (κ2) is 3.19. The first-order valence-corrected chi connectivity index (χ1v) is 5.86. The smallest absolute Gasteiger partial charge is 0.0836 e. The van der Waals surface area contributed by atoms with Crippen molar-refractivity contribution in [3.05, 3.63) is 0 Å². The molecule has 0 aromatic heterocycles. The van der Waals surface area contributed by atoms with Crippen molar-refractivity contribution < 1.29 is 4.74 Å². The third-order valence-corrected chi connectivity index (χ3v) is 4.33. The predicted molar refractivity (Wildman–Crippen MR) is 55.4 cm³/mol. The maximum absolute atomic E-state index is 6.05. The van der Waals surface area contributed by atoms with Crippen molar-refractivity contribution in [3.63, 3.8) is 0 Å². The molecule has 3 heteroatoms. The first-order valence-electron chi connectivity index (χ1n) is 5.86. The van der Waals surface area contributed by atoms with Crippen molar-refractivity contribution in [1.82, 2.24) is 10.2 Å². The summed E-state index contributed by atoms with van der Waals surface area (Å²) in [4.78, 5) is 2.57. The van der Waals surface area contributed by atoms with E-state index in [0.29, 0.717) is 0 Å². The fourth-order valence-corrected chi connectivity index (χ4v) is 3.49. The molecule has 0 aromatic rings. The van der Waals surface area contributed by atoms with E-state index in [1.165, 1.54) is 25.7 Å². The van der Waals surface area contributed by atoms with Gasteiger partial charge in [0.25, 0.3) is 0 Å². The number of hydrogen-bond donors (Lipinski definition) is 1. The molecule has 0 saturated carbocycles. The molecule has 14 heavy (non-hydrogen) atoms. The fraction of sp³-hybridized carbons (Fsp3) is 1.00. The van der Waals surface area contributed by atoms with Crippen molar-refractivity contribution in [2.45, 2.75) is 43.4 Å². The number of fused-ring (bicyclic) bond motifs is 2. The Labute approximate surface area is 85.8 Å². The molecule has 3 fully saturated rings. The molecule has 3 atom stereocenters. The Morgan fingerprint density at radius 2 is 2.00 bits per heavy atom. The average Bonchev–Trinajstić information content (AvgIpc) is 2.45. The predicted octanol–water partition coefficient (Wildman–Crippen LogP) is 0.602. The highest BCUT2D eigenvalue weighted by Crippen LogP contribution is 2.41. The molecule has 1 spiro atoms. The lowest BCUT2D eigenvalue weighted by molar-refractivity contribution is -0.114. The molecule has 3 heterocycles. The molecule has 3 nitrogen and oxygen atoms in total. The van der Waals surface area contributed by atoms with Crippen molar-refractivity contribution in [1.29, 1.82) is 0 Å². The van der Waals surface area contributed by atoms with Crippen molar-refractivity contribution >= 4 is 0 Å². The van der Waals surface area contributed by atoms with Crippen molar-refractivity contribution in [2.75, 3.05) is 26.7 Å². The largest absolute Gasteiger partial charge is 0.372 e. The SMILES string of the molecule is CN1[C@@H]2CC[C@H]1CC1(CNCCO1)C2. The summed E-state index contributed by atoms with van der Waals surface area (Å²) in [6.45, 7) is 3.02. The fourth-order valence-electron chi connectivity index (χ4n) is 3.49. The third-order valence-electron chi connectivity index (χ3n) is 4.33. The molecule has 1 unspecified atom stereocenters. The Hall–Kier alpha value is -0.120. The van der Waals surface area contributed by atoms with Gasteiger partial charge in [0, 0.05) is 25.2 Å². The number of hydrogen-bond acceptors (Lipinski definition) is 3. The van der Waals surface area contributed by atoms with Crippen LogP contribution in [-0.4, -0.2) is 49.3 Å². The van der Waals surface area contributed by atoms with Crippen LogP contribution in [0.25, 0.3) is 0 Å². The monoisotopic (exact) mass is 196 g/mol. The van der Waals surface area contributed by atoms with E-state index in [1.54, 1.807) is 0 Å². The molecule has 1 N–H and O–H groups in total. The summed E-state index contributed by atoms with van der Waals surface area (Å²) >= 11 is 0. The zero-order chi connectivity index (χ0) is 9.60. The van der Waals surface area contributed by atoms with E-state index < -0.39 is 0 Å². The minimum absolute atomic E-state index is 0.191. The molecule has 0 radical (unpaired) electrons. The van der Waals surface area contributed by atoms with Crippen LogP contribution < -0.4 is 5.32 Å². The van der Waals surface area contributed by atoms with Crippen LogP contribution in [-0.2, 0) is 4.74 Å². The molecular formula is C11H20N2O. The Bertz CT molecular complexity index is 209. The number of piperidine rings is 1. The van der Waals surface area contributed by atoms with E-state index >= 15 is 0 Å². The number of ether oxygens (including phenoxy) is 1. The molecule has 3 rings (SSSR count). The Morgan fingerprint density at radius 3 is 2.57 bits per heavy atom. The lowest BCUT2D eigenvalue weighted by Gasteiger charge is -2.47. The van der Waals surface area contributed by atoms with Crippen molar-refractivity contribution in [3.8, 4) is 0 Å². The van der Waals surface area contributed by atoms with Gasteiger partial charge in [0.1, 0.15) is 0 Å². The highest BCUT2D eigenvalue weighted by Gasteiger charge is 2.48. The Morgan fingerprint density at radius 1 is 1.29 bits per heavy atom. The zero-order valence-corrected chi connectivity index (χ0v) is 8.96. The minimum atomic E-state index is 0.191. The van der Waals surface area contributed by atoms with Gasteiger partial charge in [0.2, 0.25) is 0 Å². The van der Waals surface area contributed by atoms with Gasteiger partial charge in [-0.3, -0.25) is 0 Å². The van der Waals surface area contributed by atoms with Gasteiger partial charge in [-0.2, -0.15) is 0 Å².